The summed E-state index contributed by atoms with van der Waals surface area (Å²) >= 11 is 0. The standard InChI is InChI=1S/C45H80N6O21/c1-41(2,3)68-36(58)47-19-23-27(53)28(54)25(51-40(62)72-45(13,14)15)33(64-23)66-31-20(48-37(59)69-42(4,5)6)17-21(49-38(60)70-43(7,8)9)32(30(31)56)67-34-29(55)24(50-39(61)71-44(10,11)12)26(52)22(65-34)18-46-35(57)63-16/h20-34,52-56H,17-19H2,1-16H3,(H,46,57)(H,47,58)(H,48,59)(H,49,60)(H,50,61)(H,51,62). The van der Waals surface area contributed by atoms with Crippen LogP contribution in [0.5, 0.6) is 0 Å². The van der Waals surface area contributed by atoms with E-state index in [1.165, 1.54) is 0 Å². The Morgan fingerprint density at radius 2 is 0.778 bits per heavy atom. The molecule has 2 saturated heterocycles. The van der Waals surface area contributed by atoms with Crippen molar-refractivity contribution in [2.75, 3.05) is 20.2 Å². The topological polar surface area (TPSA) is 368 Å². The maximum Gasteiger partial charge on any atom is 0.408 e. The summed E-state index contributed by atoms with van der Waals surface area (Å²) in [5.41, 5.74) is -5.17. The van der Waals surface area contributed by atoms with Crippen molar-refractivity contribution in [1.82, 2.24) is 31.9 Å². The fourth-order valence-corrected chi connectivity index (χ4v) is 7.46. The lowest BCUT2D eigenvalue weighted by molar-refractivity contribution is -0.320. The molecule has 72 heavy (non-hydrogen) atoms. The van der Waals surface area contributed by atoms with Crippen LogP contribution in [0.1, 0.15) is 110 Å². The molecule has 416 valence electrons. The molecular formula is C45H80N6O21. The van der Waals surface area contributed by atoms with Crippen LogP contribution >= 0.6 is 0 Å². The molecule has 1 aliphatic carbocycles. The van der Waals surface area contributed by atoms with E-state index in [1.54, 1.807) is 104 Å². The van der Waals surface area contributed by atoms with E-state index in [4.69, 9.17) is 42.6 Å². The Morgan fingerprint density at radius 1 is 0.431 bits per heavy atom. The smallest absolute Gasteiger partial charge is 0.408 e. The van der Waals surface area contributed by atoms with Crippen molar-refractivity contribution in [3.63, 3.8) is 0 Å². The Kier molecular flexibility index (Phi) is 21.0. The first-order valence-corrected chi connectivity index (χ1v) is 23.5. The molecule has 6 amide bonds. The van der Waals surface area contributed by atoms with Crippen LogP contribution in [0.25, 0.3) is 0 Å². The molecule has 0 aromatic rings. The highest BCUT2D eigenvalue weighted by molar-refractivity contribution is 5.70. The third-order valence-electron chi connectivity index (χ3n) is 10.2. The third-order valence-corrected chi connectivity index (χ3v) is 10.2. The number of methoxy groups -OCH3 is 1. The number of aliphatic hydroxyl groups excluding tert-OH is 5. The van der Waals surface area contributed by atoms with Crippen LogP contribution < -0.4 is 31.9 Å². The number of ether oxygens (including phenoxy) is 10. The normalized spacial score (nSPS) is 31.4. The summed E-state index contributed by atoms with van der Waals surface area (Å²) in [5.74, 6) is 0. The Bertz CT molecular complexity index is 1840. The third kappa shape index (κ3) is 19.9. The fraction of sp³-hybridized carbons (Fsp3) is 0.867. The van der Waals surface area contributed by atoms with Crippen molar-refractivity contribution in [2.45, 2.75) is 230 Å². The summed E-state index contributed by atoms with van der Waals surface area (Å²) in [5, 5.41) is 73.7. The van der Waals surface area contributed by atoms with Crippen molar-refractivity contribution in [3.8, 4) is 0 Å². The van der Waals surface area contributed by atoms with E-state index in [2.05, 4.69) is 36.6 Å². The summed E-state index contributed by atoms with van der Waals surface area (Å²) in [6, 6.07) is -6.20. The Labute approximate surface area is 419 Å². The van der Waals surface area contributed by atoms with Gasteiger partial charge in [-0.1, -0.05) is 0 Å². The van der Waals surface area contributed by atoms with Gasteiger partial charge in [-0.3, -0.25) is 0 Å². The molecule has 11 N–H and O–H groups in total. The number of rotatable bonds is 12. The summed E-state index contributed by atoms with van der Waals surface area (Å²) in [6.07, 6.45) is -26.5. The first-order chi connectivity index (χ1) is 32.8. The van der Waals surface area contributed by atoms with Crippen molar-refractivity contribution in [2.24, 2.45) is 0 Å². The average molecular weight is 1040 g/mol. The Morgan fingerprint density at radius 3 is 1.19 bits per heavy atom. The molecule has 0 bridgehead atoms. The molecule has 3 rings (SSSR count). The number of nitrogens with one attached hydrogen (secondary N) is 6. The number of aliphatic hydroxyl groups is 5. The molecule has 0 spiro atoms. The zero-order chi connectivity index (χ0) is 55.1. The molecule has 0 aromatic heterocycles. The van der Waals surface area contributed by atoms with Crippen LogP contribution in [0.4, 0.5) is 28.8 Å². The van der Waals surface area contributed by atoms with E-state index in [0.717, 1.165) is 7.11 Å². The molecule has 3 fully saturated rings. The quantitative estimate of drug-likeness (QED) is 0.121. The zero-order valence-corrected chi connectivity index (χ0v) is 44.0. The summed E-state index contributed by atoms with van der Waals surface area (Å²) in [4.78, 5) is 78.3. The van der Waals surface area contributed by atoms with Crippen LogP contribution in [-0.4, -0.2) is 202 Å². The molecular weight excluding hydrogens is 961 g/mol. The number of alkyl carbamates (subject to hydrolysis) is 6. The van der Waals surface area contributed by atoms with Gasteiger partial charge in [0.15, 0.2) is 12.6 Å². The van der Waals surface area contributed by atoms with Gasteiger partial charge < -0.3 is 105 Å². The van der Waals surface area contributed by atoms with Gasteiger partial charge in [0.05, 0.1) is 25.2 Å². The maximum atomic E-state index is 13.6. The molecule has 27 heteroatoms. The van der Waals surface area contributed by atoms with Gasteiger partial charge in [0, 0.05) is 13.1 Å². The largest absolute Gasteiger partial charge is 0.453 e. The molecule has 1 saturated carbocycles. The molecule has 0 radical (unpaired) electrons. The second kappa shape index (κ2) is 24.5. The molecule has 0 aromatic carbocycles. The fourth-order valence-electron chi connectivity index (χ4n) is 7.46. The van der Waals surface area contributed by atoms with E-state index < -0.39 is 176 Å². The Balaban J connectivity index is 2.22. The minimum Gasteiger partial charge on any atom is -0.453 e. The second-order valence-electron chi connectivity index (χ2n) is 22.6. The highest BCUT2D eigenvalue weighted by atomic mass is 16.7. The summed E-state index contributed by atoms with van der Waals surface area (Å²) in [6.45, 7) is 22.8. The molecule has 2 aliphatic heterocycles. The zero-order valence-electron chi connectivity index (χ0n) is 44.0. The van der Waals surface area contributed by atoms with E-state index in [0.29, 0.717) is 0 Å². The van der Waals surface area contributed by atoms with Crippen LogP contribution in [0, 0.1) is 0 Å². The van der Waals surface area contributed by atoms with E-state index in [1.807, 2.05) is 0 Å². The first kappa shape index (κ1) is 61.6. The monoisotopic (exact) mass is 1040 g/mol. The predicted molar refractivity (Wildman–Crippen MR) is 249 cm³/mol. The Hall–Kier alpha value is -4.74. The SMILES string of the molecule is COC(=O)NCC1OC(OC2C(NC(=O)OC(C)(C)C)CC(NC(=O)OC(C)(C)C)C(OC3OC(CNC(=O)OC(C)(C)C)C(O)C(O)C3NC(=O)OC(C)(C)C)C2O)C(O)C(NC(=O)OC(C)(C)C)C1O. The number of hydrogen-bond acceptors (Lipinski definition) is 21. The number of amides is 6. The van der Waals surface area contributed by atoms with Gasteiger partial charge in [-0.05, 0) is 110 Å². The van der Waals surface area contributed by atoms with Gasteiger partial charge in [-0.15, -0.1) is 0 Å². The van der Waals surface area contributed by atoms with E-state index in [-0.39, 0.29) is 0 Å². The minimum absolute atomic E-state index is 0.422. The lowest BCUT2D eigenvalue weighted by Crippen LogP contribution is -2.71. The van der Waals surface area contributed by atoms with Gasteiger partial charge in [-0.2, -0.15) is 0 Å². The van der Waals surface area contributed by atoms with Gasteiger partial charge in [0.25, 0.3) is 0 Å². The van der Waals surface area contributed by atoms with Crippen LogP contribution in [0.2, 0.25) is 0 Å². The molecule has 15 unspecified atom stereocenters. The lowest BCUT2D eigenvalue weighted by atomic mass is 9.83. The lowest BCUT2D eigenvalue weighted by Gasteiger charge is -2.50. The van der Waals surface area contributed by atoms with E-state index in [9.17, 15) is 54.3 Å². The average Bonchev–Trinajstić information content (AvgIpc) is 3.18. The highest BCUT2D eigenvalue weighted by Gasteiger charge is 2.55. The van der Waals surface area contributed by atoms with Gasteiger partial charge in [0.1, 0.15) is 89.0 Å². The molecule has 27 nitrogen and oxygen atoms in total. The summed E-state index contributed by atoms with van der Waals surface area (Å²) < 4.78 is 56.7. The summed E-state index contributed by atoms with van der Waals surface area (Å²) in [7, 11) is 1.08. The van der Waals surface area contributed by atoms with Crippen molar-refractivity contribution in [3.05, 3.63) is 0 Å². The minimum atomic E-state index is -2.08. The second-order valence-corrected chi connectivity index (χ2v) is 22.6. The van der Waals surface area contributed by atoms with Crippen LogP contribution in [0.15, 0.2) is 0 Å². The maximum absolute atomic E-state index is 13.6. The van der Waals surface area contributed by atoms with Crippen molar-refractivity contribution >= 4 is 36.6 Å². The van der Waals surface area contributed by atoms with Crippen LogP contribution in [-0.2, 0) is 47.4 Å². The van der Waals surface area contributed by atoms with Gasteiger partial charge >= 0.3 is 36.6 Å². The number of carbonyl (C=O) groups is 6. The van der Waals surface area contributed by atoms with Gasteiger partial charge in [0.2, 0.25) is 0 Å². The molecule has 15 atom stereocenters. The molecule has 3 aliphatic rings. The van der Waals surface area contributed by atoms with Crippen molar-refractivity contribution in [1.29, 1.82) is 0 Å². The van der Waals surface area contributed by atoms with Crippen LogP contribution in [0.3, 0.4) is 0 Å². The van der Waals surface area contributed by atoms with E-state index >= 15 is 0 Å². The number of carbonyl (C=O) groups excluding carboxylic acids is 6. The molecule has 2 heterocycles. The van der Waals surface area contributed by atoms with Gasteiger partial charge in [-0.25, -0.2) is 28.8 Å². The van der Waals surface area contributed by atoms with Crippen molar-refractivity contribution < 1.29 is 102 Å². The number of hydrogen-bond donors (Lipinski definition) is 11. The predicted octanol–water partition coefficient (Wildman–Crippen LogP) is 0.869. The first-order valence-electron chi connectivity index (χ1n) is 23.5. The highest BCUT2D eigenvalue weighted by Crippen LogP contribution is 2.34.